The molecule has 5 nitrogen and oxygen atoms in total. The zero-order valence-electron chi connectivity index (χ0n) is 13.5. The number of carbonyl (C=O) groups is 1. The van der Waals surface area contributed by atoms with Crippen LogP contribution in [0.15, 0.2) is 24.3 Å². The van der Waals surface area contributed by atoms with Crippen LogP contribution in [0.2, 0.25) is 0 Å². The molecule has 1 N–H and O–H groups in total. The summed E-state index contributed by atoms with van der Waals surface area (Å²) >= 11 is 0. The Labute approximate surface area is 132 Å². The number of para-hydroxylation sites is 1. The molecule has 122 valence electrons. The second-order valence-corrected chi connectivity index (χ2v) is 5.40. The second kappa shape index (κ2) is 8.76. The molecule has 22 heavy (non-hydrogen) atoms. The van der Waals surface area contributed by atoms with E-state index in [2.05, 4.69) is 5.32 Å². The van der Waals surface area contributed by atoms with Crippen LogP contribution in [0.4, 0.5) is 0 Å². The summed E-state index contributed by atoms with van der Waals surface area (Å²) in [5.41, 5.74) is 0.641. The van der Waals surface area contributed by atoms with Gasteiger partial charge in [-0.25, -0.2) is 0 Å². The maximum Gasteiger partial charge on any atom is 0.257 e. The number of amides is 1. The predicted octanol–water partition coefficient (Wildman–Crippen LogP) is 1.93. The lowest BCUT2D eigenvalue weighted by molar-refractivity contribution is 0.0698. The van der Waals surface area contributed by atoms with Crippen molar-refractivity contribution in [1.82, 2.24) is 10.2 Å². The summed E-state index contributed by atoms with van der Waals surface area (Å²) in [5.74, 6) is 0.699. The van der Waals surface area contributed by atoms with Gasteiger partial charge in [-0.2, -0.15) is 0 Å². The Balaban J connectivity index is 1.97. The molecule has 0 atom stereocenters. The molecule has 1 fully saturated rings. The molecule has 1 saturated heterocycles. The molecule has 1 heterocycles. The molecule has 1 amide bonds. The molecule has 0 spiro atoms. The summed E-state index contributed by atoms with van der Waals surface area (Å²) in [6.07, 6.45) is 1.99. The number of rotatable bonds is 7. The fraction of sp³-hybridized carbons (Fsp3) is 0.588. The molecule has 5 heteroatoms. The normalized spacial score (nSPS) is 15.8. The highest BCUT2D eigenvalue weighted by atomic mass is 16.5. The lowest BCUT2D eigenvalue weighted by Gasteiger charge is -2.32. The van der Waals surface area contributed by atoms with Gasteiger partial charge in [-0.3, -0.25) is 4.79 Å². The van der Waals surface area contributed by atoms with Crippen LogP contribution >= 0.6 is 0 Å². The minimum absolute atomic E-state index is 0.0570. The van der Waals surface area contributed by atoms with Crippen LogP contribution in [-0.2, 0) is 4.74 Å². The Morgan fingerprint density at radius 1 is 1.27 bits per heavy atom. The van der Waals surface area contributed by atoms with Gasteiger partial charge in [-0.05, 0) is 38.9 Å². The van der Waals surface area contributed by atoms with Gasteiger partial charge in [-0.1, -0.05) is 12.1 Å². The monoisotopic (exact) mass is 306 g/mol. The molecule has 1 aromatic carbocycles. The van der Waals surface area contributed by atoms with Crippen molar-refractivity contribution in [2.45, 2.75) is 25.8 Å². The first kappa shape index (κ1) is 16.8. The highest BCUT2D eigenvalue weighted by molar-refractivity contribution is 5.97. The van der Waals surface area contributed by atoms with Gasteiger partial charge in [0.05, 0.1) is 12.2 Å². The SMILES string of the molecule is CCOCCOc1ccccc1C(=O)N1CCC(NC)CC1. The number of hydrogen-bond acceptors (Lipinski definition) is 4. The van der Waals surface area contributed by atoms with Gasteiger partial charge in [0.1, 0.15) is 12.4 Å². The number of hydrogen-bond donors (Lipinski definition) is 1. The van der Waals surface area contributed by atoms with Gasteiger partial charge in [-0.15, -0.1) is 0 Å². The predicted molar refractivity (Wildman–Crippen MR) is 86.4 cm³/mol. The van der Waals surface area contributed by atoms with Crippen molar-refractivity contribution in [2.24, 2.45) is 0 Å². The molecular formula is C17H26N2O3. The third-order valence-corrected chi connectivity index (χ3v) is 4.00. The van der Waals surface area contributed by atoms with Gasteiger partial charge >= 0.3 is 0 Å². The average Bonchev–Trinajstić information content (AvgIpc) is 2.58. The zero-order valence-corrected chi connectivity index (χ0v) is 13.5. The van der Waals surface area contributed by atoms with Crippen LogP contribution in [0.25, 0.3) is 0 Å². The maximum absolute atomic E-state index is 12.7. The molecule has 0 radical (unpaired) electrons. The van der Waals surface area contributed by atoms with E-state index in [0.29, 0.717) is 37.2 Å². The minimum Gasteiger partial charge on any atom is -0.490 e. The molecule has 1 aromatic rings. The summed E-state index contributed by atoms with van der Waals surface area (Å²) < 4.78 is 11.0. The third-order valence-electron chi connectivity index (χ3n) is 4.00. The van der Waals surface area contributed by atoms with E-state index in [0.717, 1.165) is 25.9 Å². The number of likely N-dealkylation sites (tertiary alicyclic amines) is 1. The molecule has 1 aliphatic heterocycles. The summed E-state index contributed by atoms with van der Waals surface area (Å²) in [7, 11) is 1.98. The maximum atomic E-state index is 12.7. The van der Waals surface area contributed by atoms with Gasteiger partial charge in [0, 0.05) is 25.7 Å². The quantitative estimate of drug-likeness (QED) is 0.782. The highest BCUT2D eigenvalue weighted by Crippen LogP contribution is 2.22. The van der Waals surface area contributed by atoms with E-state index in [1.165, 1.54) is 0 Å². The minimum atomic E-state index is 0.0570. The first-order valence-corrected chi connectivity index (χ1v) is 8.02. The van der Waals surface area contributed by atoms with Crippen molar-refractivity contribution < 1.29 is 14.3 Å². The average molecular weight is 306 g/mol. The Hall–Kier alpha value is -1.59. The van der Waals surface area contributed by atoms with Gasteiger partial charge in [0.25, 0.3) is 5.91 Å². The fourth-order valence-electron chi connectivity index (χ4n) is 2.67. The van der Waals surface area contributed by atoms with E-state index in [4.69, 9.17) is 9.47 Å². The van der Waals surface area contributed by atoms with E-state index in [1.807, 2.05) is 43.1 Å². The van der Waals surface area contributed by atoms with E-state index in [9.17, 15) is 4.79 Å². The van der Waals surface area contributed by atoms with E-state index >= 15 is 0 Å². The summed E-state index contributed by atoms with van der Waals surface area (Å²) in [6, 6.07) is 7.96. The number of piperidine rings is 1. The van der Waals surface area contributed by atoms with Crippen molar-refractivity contribution in [3.05, 3.63) is 29.8 Å². The van der Waals surface area contributed by atoms with Crippen molar-refractivity contribution in [3.8, 4) is 5.75 Å². The van der Waals surface area contributed by atoms with Crippen LogP contribution in [-0.4, -0.2) is 56.8 Å². The van der Waals surface area contributed by atoms with Crippen molar-refractivity contribution in [3.63, 3.8) is 0 Å². The van der Waals surface area contributed by atoms with Gasteiger partial charge in [0.2, 0.25) is 0 Å². The van der Waals surface area contributed by atoms with Crippen LogP contribution in [0.1, 0.15) is 30.1 Å². The summed E-state index contributed by atoms with van der Waals surface area (Å²) in [5, 5.41) is 3.28. The topological polar surface area (TPSA) is 50.8 Å². The molecule has 2 rings (SSSR count). The molecule has 0 saturated carbocycles. The fourth-order valence-corrected chi connectivity index (χ4v) is 2.67. The van der Waals surface area contributed by atoms with Crippen molar-refractivity contribution in [1.29, 1.82) is 0 Å². The Morgan fingerprint density at radius 2 is 2.00 bits per heavy atom. The first-order valence-electron chi connectivity index (χ1n) is 8.02. The second-order valence-electron chi connectivity index (χ2n) is 5.40. The number of benzene rings is 1. The number of nitrogens with one attached hydrogen (secondary N) is 1. The first-order chi connectivity index (χ1) is 10.8. The standard InChI is InChI=1S/C17H26N2O3/c1-3-21-12-13-22-16-7-5-4-6-15(16)17(20)19-10-8-14(18-2)9-11-19/h4-7,14,18H,3,8-13H2,1-2H3. The smallest absolute Gasteiger partial charge is 0.257 e. The van der Waals surface area contributed by atoms with Crippen molar-refractivity contribution in [2.75, 3.05) is 40.0 Å². The highest BCUT2D eigenvalue weighted by Gasteiger charge is 2.24. The van der Waals surface area contributed by atoms with Gasteiger partial charge in [0.15, 0.2) is 0 Å². The lowest BCUT2D eigenvalue weighted by atomic mass is 10.0. The molecular weight excluding hydrogens is 280 g/mol. The third kappa shape index (κ3) is 4.45. The molecule has 0 bridgehead atoms. The van der Waals surface area contributed by atoms with Crippen LogP contribution in [0.3, 0.4) is 0 Å². The van der Waals surface area contributed by atoms with E-state index < -0.39 is 0 Å². The van der Waals surface area contributed by atoms with Crippen molar-refractivity contribution >= 4 is 5.91 Å². The van der Waals surface area contributed by atoms with Crippen LogP contribution < -0.4 is 10.1 Å². The van der Waals surface area contributed by atoms with E-state index in [-0.39, 0.29) is 5.91 Å². The molecule has 0 unspecified atom stereocenters. The number of nitrogens with zero attached hydrogens (tertiary/aromatic N) is 1. The molecule has 0 aromatic heterocycles. The summed E-state index contributed by atoms with van der Waals surface area (Å²) in [6.45, 7) is 5.19. The zero-order chi connectivity index (χ0) is 15.8. The van der Waals surface area contributed by atoms with Crippen LogP contribution in [0.5, 0.6) is 5.75 Å². The summed E-state index contributed by atoms with van der Waals surface area (Å²) in [4.78, 5) is 14.6. The van der Waals surface area contributed by atoms with Crippen LogP contribution in [0, 0.1) is 0 Å². The Kier molecular flexibility index (Phi) is 6.68. The molecule has 1 aliphatic rings. The Morgan fingerprint density at radius 3 is 2.68 bits per heavy atom. The van der Waals surface area contributed by atoms with Gasteiger partial charge < -0.3 is 19.7 Å². The number of ether oxygens (including phenoxy) is 2. The number of carbonyl (C=O) groups excluding carboxylic acids is 1. The molecule has 0 aliphatic carbocycles. The lowest BCUT2D eigenvalue weighted by Crippen LogP contribution is -2.44. The van der Waals surface area contributed by atoms with E-state index in [1.54, 1.807) is 0 Å². The largest absolute Gasteiger partial charge is 0.490 e. The Bertz CT molecular complexity index is 471.